The van der Waals surface area contributed by atoms with Crippen molar-refractivity contribution in [1.82, 2.24) is 4.72 Å². The summed E-state index contributed by atoms with van der Waals surface area (Å²) in [6, 6.07) is 13.4. The van der Waals surface area contributed by atoms with E-state index in [1.807, 2.05) is 24.3 Å². The van der Waals surface area contributed by atoms with Crippen molar-refractivity contribution in [1.29, 1.82) is 0 Å². The summed E-state index contributed by atoms with van der Waals surface area (Å²) >= 11 is 0. The number of fused-ring (bicyclic) bond motifs is 1. The molecule has 0 aromatic heterocycles. The van der Waals surface area contributed by atoms with Crippen molar-refractivity contribution >= 4 is 21.6 Å². The summed E-state index contributed by atoms with van der Waals surface area (Å²) in [6.45, 7) is 1.30. The molecular formula is C18H20N2O4S. The summed E-state index contributed by atoms with van der Waals surface area (Å²) in [5.74, 6) is -0.226. The molecule has 2 aromatic rings. The second kappa shape index (κ2) is 6.59. The molecule has 7 heteroatoms. The van der Waals surface area contributed by atoms with Crippen LogP contribution in [0.15, 0.2) is 53.4 Å². The third-order valence-electron chi connectivity index (χ3n) is 4.37. The third-order valence-corrected chi connectivity index (χ3v) is 5.78. The number of nitrogens with one attached hydrogen (secondary N) is 2. The summed E-state index contributed by atoms with van der Waals surface area (Å²) in [6.07, 6.45) is 1.20. The Morgan fingerprint density at radius 3 is 2.52 bits per heavy atom. The van der Waals surface area contributed by atoms with Gasteiger partial charge in [-0.25, -0.2) is 13.1 Å². The number of amides is 1. The van der Waals surface area contributed by atoms with E-state index in [1.54, 1.807) is 0 Å². The number of benzene rings is 2. The number of aryl methyl sites for hydroxylation is 1. The molecule has 0 spiro atoms. The highest BCUT2D eigenvalue weighted by molar-refractivity contribution is 7.89. The van der Waals surface area contributed by atoms with Gasteiger partial charge in [-0.2, -0.15) is 0 Å². The molecule has 6 nitrogen and oxygen atoms in total. The zero-order valence-electron chi connectivity index (χ0n) is 13.8. The molecule has 3 N–H and O–H groups in total. The summed E-state index contributed by atoms with van der Waals surface area (Å²) in [4.78, 5) is 11.1. The van der Waals surface area contributed by atoms with Gasteiger partial charge in [-0.3, -0.25) is 4.79 Å². The van der Waals surface area contributed by atoms with Gasteiger partial charge in [0.2, 0.25) is 15.9 Å². The zero-order valence-corrected chi connectivity index (χ0v) is 14.6. The molecule has 0 bridgehead atoms. The minimum absolute atomic E-state index is 0.0801. The van der Waals surface area contributed by atoms with Gasteiger partial charge in [-0.05, 0) is 48.2 Å². The highest BCUT2D eigenvalue weighted by Crippen LogP contribution is 2.36. The van der Waals surface area contributed by atoms with Gasteiger partial charge in [-0.1, -0.05) is 24.3 Å². The molecular weight excluding hydrogens is 340 g/mol. The third kappa shape index (κ3) is 3.73. The van der Waals surface area contributed by atoms with E-state index in [0.29, 0.717) is 12.1 Å². The van der Waals surface area contributed by atoms with Crippen LogP contribution in [-0.2, 0) is 26.8 Å². The van der Waals surface area contributed by atoms with Gasteiger partial charge in [0.15, 0.2) is 0 Å². The predicted molar refractivity (Wildman–Crippen MR) is 94.6 cm³/mol. The second-order valence-corrected chi connectivity index (χ2v) is 7.99. The van der Waals surface area contributed by atoms with Gasteiger partial charge < -0.3 is 10.4 Å². The van der Waals surface area contributed by atoms with E-state index >= 15 is 0 Å². The second-order valence-electron chi connectivity index (χ2n) is 6.22. The van der Waals surface area contributed by atoms with Crippen molar-refractivity contribution < 1.29 is 18.3 Å². The number of carbonyl (C=O) groups is 1. The van der Waals surface area contributed by atoms with E-state index in [2.05, 4.69) is 10.0 Å². The Bertz CT molecular complexity index is 894. The normalized spacial score (nSPS) is 19.4. The van der Waals surface area contributed by atoms with Crippen molar-refractivity contribution in [2.24, 2.45) is 0 Å². The smallest absolute Gasteiger partial charge is 0.240 e. The molecule has 0 aliphatic heterocycles. The average Bonchev–Trinajstić information content (AvgIpc) is 2.92. The van der Waals surface area contributed by atoms with E-state index < -0.39 is 15.6 Å². The summed E-state index contributed by atoms with van der Waals surface area (Å²) in [7, 11) is -3.76. The molecule has 1 atom stereocenters. The van der Waals surface area contributed by atoms with Crippen molar-refractivity contribution in [3.05, 3.63) is 59.7 Å². The van der Waals surface area contributed by atoms with E-state index in [0.717, 1.165) is 17.5 Å². The Morgan fingerprint density at radius 2 is 1.84 bits per heavy atom. The zero-order chi connectivity index (χ0) is 18.1. The molecule has 132 valence electrons. The highest BCUT2D eigenvalue weighted by atomic mass is 32.2. The van der Waals surface area contributed by atoms with Crippen molar-refractivity contribution in [3.63, 3.8) is 0 Å². The van der Waals surface area contributed by atoms with Gasteiger partial charge in [0.05, 0.1) is 4.90 Å². The maximum atomic E-state index is 12.5. The number of rotatable bonds is 5. The van der Waals surface area contributed by atoms with Crippen molar-refractivity contribution in [2.75, 3.05) is 11.9 Å². The van der Waals surface area contributed by atoms with Gasteiger partial charge in [-0.15, -0.1) is 0 Å². The topological polar surface area (TPSA) is 95.5 Å². The van der Waals surface area contributed by atoms with Crippen molar-refractivity contribution in [2.45, 2.75) is 30.3 Å². The molecule has 1 aliphatic rings. The maximum absolute atomic E-state index is 12.5. The molecule has 1 aliphatic carbocycles. The molecule has 3 rings (SSSR count). The minimum atomic E-state index is -3.76. The van der Waals surface area contributed by atoms with Crippen LogP contribution in [-0.4, -0.2) is 26.0 Å². The lowest BCUT2D eigenvalue weighted by atomic mass is 9.96. The number of anilines is 1. The van der Waals surface area contributed by atoms with Crippen LogP contribution in [0.25, 0.3) is 0 Å². The molecule has 2 aromatic carbocycles. The SMILES string of the molecule is CC(=O)Nc1ccc(S(=O)(=O)NCC2(O)CCc3ccccc32)cc1. The van der Waals surface area contributed by atoms with Crippen molar-refractivity contribution in [3.8, 4) is 0 Å². The summed E-state index contributed by atoms with van der Waals surface area (Å²) in [5.41, 5.74) is 1.15. The number of hydrogen-bond donors (Lipinski definition) is 3. The van der Waals surface area contributed by atoms with Crippen LogP contribution in [0.4, 0.5) is 5.69 Å². The van der Waals surface area contributed by atoms with E-state index in [1.165, 1.54) is 31.2 Å². The van der Waals surface area contributed by atoms with Crippen LogP contribution in [0.5, 0.6) is 0 Å². The number of carbonyl (C=O) groups excluding carboxylic acids is 1. The molecule has 0 heterocycles. The van der Waals surface area contributed by atoms with E-state index in [9.17, 15) is 18.3 Å². The predicted octanol–water partition coefficient (Wildman–Crippen LogP) is 1.76. The lowest BCUT2D eigenvalue weighted by Gasteiger charge is -2.24. The number of aliphatic hydroxyl groups is 1. The summed E-state index contributed by atoms with van der Waals surface area (Å²) < 4.78 is 27.4. The van der Waals surface area contributed by atoms with Crippen LogP contribution in [0.2, 0.25) is 0 Å². The fraction of sp³-hybridized carbons (Fsp3) is 0.278. The van der Waals surface area contributed by atoms with Crippen LogP contribution >= 0.6 is 0 Å². The lowest BCUT2D eigenvalue weighted by Crippen LogP contribution is -2.39. The lowest BCUT2D eigenvalue weighted by molar-refractivity contribution is -0.114. The molecule has 1 amide bonds. The number of sulfonamides is 1. The van der Waals surface area contributed by atoms with Gasteiger partial charge in [0.1, 0.15) is 5.60 Å². The Hall–Kier alpha value is -2.22. The standard InChI is InChI=1S/C18H20N2O4S/c1-13(21)20-15-6-8-16(9-7-15)25(23,24)19-12-18(22)11-10-14-4-2-3-5-17(14)18/h2-9,19,22H,10-12H2,1H3,(H,20,21). The fourth-order valence-electron chi connectivity index (χ4n) is 3.07. The van der Waals surface area contributed by atoms with Gasteiger partial charge in [0, 0.05) is 19.2 Å². The Balaban J connectivity index is 1.73. The van der Waals surface area contributed by atoms with Gasteiger partial charge >= 0.3 is 0 Å². The Labute approximate surface area is 146 Å². The molecule has 0 radical (unpaired) electrons. The number of hydrogen-bond acceptors (Lipinski definition) is 4. The van der Waals surface area contributed by atoms with Crippen LogP contribution < -0.4 is 10.0 Å². The first kappa shape index (κ1) is 17.6. The Kier molecular flexibility index (Phi) is 4.64. The molecule has 25 heavy (non-hydrogen) atoms. The first-order valence-electron chi connectivity index (χ1n) is 7.98. The molecule has 1 unspecified atom stereocenters. The molecule has 0 fully saturated rings. The first-order chi connectivity index (χ1) is 11.8. The average molecular weight is 360 g/mol. The van der Waals surface area contributed by atoms with Gasteiger partial charge in [0.25, 0.3) is 0 Å². The van der Waals surface area contributed by atoms with E-state index in [4.69, 9.17) is 0 Å². The minimum Gasteiger partial charge on any atom is -0.384 e. The first-order valence-corrected chi connectivity index (χ1v) is 9.47. The maximum Gasteiger partial charge on any atom is 0.240 e. The van der Waals surface area contributed by atoms with Crippen LogP contribution in [0.3, 0.4) is 0 Å². The highest BCUT2D eigenvalue weighted by Gasteiger charge is 2.37. The molecule has 0 saturated carbocycles. The fourth-order valence-corrected chi connectivity index (χ4v) is 4.16. The largest absolute Gasteiger partial charge is 0.384 e. The van der Waals surface area contributed by atoms with Crippen LogP contribution in [0, 0.1) is 0 Å². The Morgan fingerprint density at radius 1 is 1.16 bits per heavy atom. The quantitative estimate of drug-likeness (QED) is 0.757. The van der Waals surface area contributed by atoms with E-state index in [-0.39, 0.29) is 17.3 Å². The summed E-state index contributed by atoms with van der Waals surface area (Å²) in [5, 5.41) is 13.4. The monoisotopic (exact) mass is 360 g/mol. The molecule has 0 saturated heterocycles. The van der Waals surface area contributed by atoms with Crippen LogP contribution in [0.1, 0.15) is 24.5 Å².